The Kier molecular flexibility index (Phi) is 5.79. The van der Waals surface area contributed by atoms with Crippen molar-refractivity contribution in [3.8, 4) is 0 Å². The van der Waals surface area contributed by atoms with Crippen LogP contribution in [0.25, 0.3) is 0 Å². The van der Waals surface area contributed by atoms with E-state index in [0.717, 1.165) is 49.3 Å². The van der Waals surface area contributed by atoms with Crippen LogP contribution < -0.4 is 0 Å². The van der Waals surface area contributed by atoms with Crippen molar-refractivity contribution in [2.45, 2.75) is 0 Å². The predicted molar refractivity (Wildman–Crippen MR) is 16.4 cm³/mol. The number of nitrogens with zero attached hydrogens (tertiary/aromatic N) is 2. The summed E-state index contributed by atoms with van der Waals surface area (Å²) in [5, 5.41) is 0. The Morgan fingerprint density at radius 1 is 1.00 bits per heavy atom. The molecular weight excluding hydrogens is 258 g/mol. The van der Waals surface area contributed by atoms with Crippen LogP contribution in [-0.2, 0) is 0 Å². The van der Waals surface area contributed by atoms with Crippen molar-refractivity contribution < 1.29 is 0 Å². The maximum atomic E-state index is 3.55. The Morgan fingerprint density at radius 2 is 1.25 bits per heavy atom. The van der Waals surface area contributed by atoms with Gasteiger partial charge in [-0.15, -0.1) is 0 Å². The Balaban J connectivity index is 2.55. The number of hydrogen-bond acceptors (Lipinski definition) is 2. The van der Waals surface area contributed by atoms with Crippen molar-refractivity contribution in [1.29, 1.82) is 0 Å². The van der Waals surface area contributed by atoms with E-state index in [1.807, 2.05) is 0 Å². The van der Waals surface area contributed by atoms with Gasteiger partial charge in [-0.2, -0.15) is 0 Å². The normalized spacial score (nSPS) is 9.00. The molecule has 0 saturated heterocycles. The summed E-state index contributed by atoms with van der Waals surface area (Å²) in [5.74, 6) is 0. The number of hydrogen-bond donors (Lipinski definition) is 0. The molecular formula is In2N2. The fourth-order valence-corrected chi connectivity index (χ4v) is 0. The van der Waals surface area contributed by atoms with Crippen LogP contribution >= 0.6 is 0 Å². The predicted octanol–water partition coefficient (Wildman–Crippen LogP) is -0.394. The minimum absolute atomic E-state index is 0.931. The SMILES string of the molecule is [In][N]=[N][In]. The third-order valence-electron chi connectivity index (χ3n) is 0.0667. The molecule has 0 rings (SSSR count). The second-order valence-electron chi connectivity index (χ2n) is 0.231. The van der Waals surface area contributed by atoms with Crippen LogP contribution in [0.4, 0.5) is 0 Å². The van der Waals surface area contributed by atoms with Gasteiger partial charge in [0, 0.05) is 0 Å². The van der Waals surface area contributed by atoms with E-state index in [0.29, 0.717) is 0 Å². The molecule has 0 bridgehead atoms. The van der Waals surface area contributed by atoms with Gasteiger partial charge in [0.25, 0.3) is 0 Å². The summed E-state index contributed by atoms with van der Waals surface area (Å²) in [6.45, 7) is 0. The minimum atomic E-state index is 0.931. The monoisotopic (exact) mass is 258 g/mol. The van der Waals surface area contributed by atoms with Crippen molar-refractivity contribution >= 4 is 49.3 Å². The topological polar surface area (TPSA) is 24.7 Å². The summed E-state index contributed by atoms with van der Waals surface area (Å²) in [7, 11) is 0. The standard InChI is InChI=1S/2In.N2/c;;1-2/q2*+1;-2. The Bertz CT molecular complexity index is 19.2. The fourth-order valence-electron chi connectivity index (χ4n) is 0. The van der Waals surface area contributed by atoms with Crippen LogP contribution in [0.15, 0.2) is 6.20 Å². The molecule has 0 atom stereocenters. The first kappa shape index (κ1) is 5.34. The van der Waals surface area contributed by atoms with Gasteiger partial charge < -0.3 is 0 Å². The zero-order valence-electron chi connectivity index (χ0n) is 2.05. The van der Waals surface area contributed by atoms with Gasteiger partial charge in [-0.3, -0.25) is 0 Å². The third kappa shape index (κ3) is 3.34. The van der Waals surface area contributed by atoms with Gasteiger partial charge in [-0.25, -0.2) is 0 Å². The molecule has 0 N–H and O–H groups in total. The molecule has 4 heavy (non-hydrogen) atoms. The molecule has 0 aliphatic heterocycles. The van der Waals surface area contributed by atoms with Gasteiger partial charge in [0.05, 0.1) is 0 Å². The van der Waals surface area contributed by atoms with Gasteiger partial charge in [0.1, 0.15) is 0 Å². The summed E-state index contributed by atoms with van der Waals surface area (Å²) in [6, 6.07) is 0. The van der Waals surface area contributed by atoms with Crippen LogP contribution in [0, 0.1) is 0 Å². The average Bonchev–Trinajstić information content (AvgIpc) is 1.37. The molecule has 0 aromatic heterocycles. The van der Waals surface area contributed by atoms with E-state index in [1.165, 1.54) is 0 Å². The molecule has 0 saturated carbocycles. The molecule has 0 amide bonds. The van der Waals surface area contributed by atoms with Gasteiger partial charge in [0.15, 0.2) is 0 Å². The third-order valence-corrected chi connectivity index (χ3v) is 3.00. The quantitative estimate of drug-likeness (QED) is 0.528. The molecule has 4 heteroatoms. The van der Waals surface area contributed by atoms with E-state index in [9.17, 15) is 0 Å². The summed E-state index contributed by atoms with van der Waals surface area (Å²) >= 11 is 1.86. The van der Waals surface area contributed by atoms with Crippen molar-refractivity contribution in [2.75, 3.05) is 0 Å². The van der Waals surface area contributed by atoms with Gasteiger partial charge in [-0.05, 0) is 0 Å². The molecule has 0 heterocycles. The molecule has 0 aromatic rings. The molecule has 0 spiro atoms. The van der Waals surface area contributed by atoms with Crippen molar-refractivity contribution in [2.24, 2.45) is 6.20 Å². The van der Waals surface area contributed by atoms with E-state index in [-0.39, 0.29) is 0 Å². The van der Waals surface area contributed by atoms with E-state index in [2.05, 4.69) is 6.20 Å². The maximum absolute atomic E-state index is 3.55. The summed E-state index contributed by atoms with van der Waals surface area (Å²) in [6.07, 6.45) is 0. The average molecular weight is 258 g/mol. The van der Waals surface area contributed by atoms with Crippen LogP contribution in [0.5, 0.6) is 0 Å². The van der Waals surface area contributed by atoms with Crippen molar-refractivity contribution in [3.05, 3.63) is 0 Å². The van der Waals surface area contributed by atoms with Crippen molar-refractivity contribution in [3.63, 3.8) is 0 Å². The summed E-state index contributed by atoms with van der Waals surface area (Å²) in [4.78, 5) is 0. The first-order chi connectivity index (χ1) is 1.91. The Labute approximate surface area is 55.0 Å². The molecule has 4 radical (unpaired) electrons. The second kappa shape index (κ2) is 4.34. The second-order valence-corrected chi connectivity index (χ2v) is 1.55. The summed E-state index contributed by atoms with van der Waals surface area (Å²) < 4.78 is 7.10. The van der Waals surface area contributed by atoms with Gasteiger partial charge in [0.2, 0.25) is 0 Å². The Hall–Kier alpha value is 1.34. The molecule has 0 aliphatic rings. The molecule has 16 valence electrons. The molecule has 0 aromatic carbocycles. The van der Waals surface area contributed by atoms with E-state index >= 15 is 0 Å². The first-order valence-corrected chi connectivity index (χ1v) is 3.66. The molecule has 0 unspecified atom stereocenters. The van der Waals surface area contributed by atoms with E-state index in [1.54, 1.807) is 0 Å². The fraction of sp³-hybridized carbons (Fsp3) is 0. The van der Waals surface area contributed by atoms with Crippen LogP contribution in [0.3, 0.4) is 0 Å². The number of rotatable bonds is 0. The van der Waals surface area contributed by atoms with Gasteiger partial charge in [-0.1, -0.05) is 0 Å². The zero-order valence-corrected chi connectivity index (χ0v) is 8.64. The van der Waals surface area contributed by atoms with Crippen molar-refractivity contribution in [1.82, 2.24) is 0 Å². The Morgan fingerprint density at radius 3 is 1.25 bits per heavy atom. The van der Waals surface area contributed by atoms with E-state index in [4.69, 9.17) is 0 Å². The van der Waals surface area contributed by atoms with Crippen LogP contribution in [0.1, 0.15) is 0 Å². The summed E-state index contributed by atoms with van der Waals surface area (Å²) in [5.41, 5.74) is 0. The molecule has 0 fully saturated rings. The van der Waals surface area contributed by atoms with Crippen LogP contribution in [0.2, 0.25) is 0 Å². The van der Waals surface area contributed by atoms with Crippen LogP contribution in [-0.4, -0.2) is 49.3 Å². The van der Waals surface area contributed by atoms with Gasteiger partial charge >= 0.3 is 55.5 Å². The van der Waals surface area contributed by atoms with E-state index < -0.39 is 0 Å². The molecule has 2 nitrogen and oxygen atoms in total. The zero-order chi connectivity index (χ0) is 3.41. The molecule has 0 aliphatic carbocycles. The first-order valence-electron chi connectivity index (χ1n) is 0.716.